The number of hydrogen-bond acceptors (Lipinski definition) is 3. The Morgan fingerprint density at radius 3 is 2.67 bits per heavy atom. The van der Waals surface area contributed by atoms with Crippen LogP contribution in [0.25, 0.3) is 0 Å². The lowest BCUT2D eigenvalue weighted by Crippen LogP contribution is -2.41. The third-order valence-corrected chi connectivity index (χ3v) is 3.80. The van der Waals surface area contributed by atoms with Crippen molar-refractivity contribution in [2.24, 2.45) is 5.92 Å². The Balaban J connectivity index is 1.63. The minimum atomic E-state index is -0.0516. The van der Waals surface area contributed by atoms with E-state index in [1.807, 2.05) is 0 Å². The normalized spacial score (nSPS) is 34.2. The number of hydrogen-bond donors (Lipinski definition) is 3. The Morgan fingerprint density at radius 2 is 1.93 bits per heavy atom. The molecule has 15 heavy (non-hydrogen) atoms. The number of piperidine rings is 1. The predicted molar refractivity (Wildman–Crippen MR) is 61.9 cm³/mol. The van der Waals surface area contributed by atoms with Gasteiger partial charge in [-0.05, 0) is 64.1 Å². The van der Waals surface area contributed by atoms with Crippen molar-refractivity contribution in [1.29, 1.82) is 0 Å². The molecule has 1 saturated heterocycles. The monoisotopic (exact) mass is 212 g/mol. The molecule has 3 nitrogen and oxygen atoms in total. The quantitative estimate of drug-likeness (QED) is 0.651. The Kier molecular flexibility index (Phi) is 4.42. The van der Waals surface area contributed by atoms with E-state index < -0.39 is 0 Å². The number of aliphatic hydroxyl groups is 1. The van der Waals surface area contributed by atoms with Crippen LogP contribution in [-0.2, 0) is 0 Å². The summed E-state index contributed by atoms with van der Waals surface area (Å²) in [5, 5.41) is 16.6. The van der Waals surface area contributed by atoms with Crippen LogP contribution in [0.4, 0.5) is 0 Å². The first-order chi connectivity index (χ1) is 7.34. The molecular weight excluding hydrogens is 188 g/mol. The second-order valence-corrected chi connectivity index (χ2v) is 5.12. The van der Waals surface area contributed by atoms with Crippen LogP contribution in [0.1, 0.15) is 38.5 Å². The average Bonchev–Trinajstić information content (AvgIpc) is 2.28. The molecule has 88 valence electrons. The summed E-state index contributed by atoms with van der Waals surface area (Å²) in [4.78, 5) is 0. The van der Waals surface area contributed by atoms with Crippen molar-refractivity contribution < 1.29 is 5.11 Å². The summed E-state index contributed by atoms with van der Waals surface area (Å²) >= 11 is 0. The first-order valence-corrected chi connectivity index (χ1v) is 6.47. The molecule has 0 radical (unpaired) electrons. The lowest BCUT2D eigenvalue weighted by Gasteiger charge is -2.30. The first-order valence-electron chi connectivity index (χ1n) is 6.47. The zero-order valence-corrected chi connectivity index (χ0v) is 9.54. The van der Waals surface area contributed by atoms with Gasteiger partial charge in [-0.2, -0.15) is 0 Å². The molecule has 1 heterocycles. The van der Waals surface area contributed by atoms with Crippen molar-refractivity contribution >= 4 is 0 Å². The standard InChI is InChI=1S/C12H24N2O/c15-12-3-1-2-11(8-12)14-9-10-4-6-13-7-5-10/h10-15H,1-9H2. The van der Waals surface area contributed by atoms with Gasteiger partial charge in [-0.1, -0.05) is 0 Å². The molecule has 2 unspecified atom stereocenters. The lowest BCUT2D eigenvalue weighted by atomic mass is 9.91. The van der Waals surface area contributed by atoms with Gasteiger partial charge >= 0.3 is 0 Å². The molecule has 0 bridgehead atoms. The summed E-state index contributed by atoms with van der Waals surface area (Å²) in [6.07, 6.45) is 6.97. The summed E-state index contributed by atoms with van der Waals surface area (Å²) in [5.41, 5.74) is 0. The molecule has 0 amide bonds. The molecule has 2 atom stereocenters. The molecular formula is C12H24N2O. The fourth-order valence-electron chi connectivity index (χ4n) is 2.77. The van der Waals surface area contributed by atoms with E-state index in [0.717, 1.165) is 25.3 Å². The molecule has 1 aliphatic carbocycles. The maximum absolute atomic E-state index is 9.57. The molecule has 2 rings (SSSR count). The van der Waals surface area contributed by atoms with Gasteiger partial charge in [0.2, 0.25) is 0 Å². The minimum absolute atomic E-state index is 0.0516. The fourth-order valence-corrected chi connectivity index (χ4v) is 2.77. The van der Waals surface area contributed by atoms with Crippen LogP contribution in [0.2, 0.25) is 0 Å². The maximum atomic E-state index is 9.57. The van der Waals surface area contributed by atoms with E-state index in [9.17, 15) is 5.11 Å². The second kappa shape index (κ2) is 5.83. The Labute approximate surface area is 92.6 Å². The highest BCUT2D eigenvalue weighted by molar-refractivity contribution is 4.79. The Bertz CT molecular complexity index is 180. The summed E-state index contributed by atoms with van der Waals surface area (Å²) in [6, 6.07) is 0.573. The Hall–Kier alpha value is -0.120. The summed E-state index contributed by atoms with van der Waals surface area (Å²) in [6.45, 7) is 3.51. The van der Waals surface area contributed by atoms with E-state index in [2.05, 4.69) is 10.6 Å². The third kappa shape index (κ3) is 3.74. The van der Waals surface area contributed by atoms with E-state index in [1.165, 1.54) is 38.8 Å². The molecule has 3 N–H and O–H groups in total. The fraction of sp³-hybridized carbons (Fsp3) is 1.00. The van der Waals surface area contributed by atoms with Crippen LogP contribution in [0, 0.1) is 5.92 Å². The van der Waals surface area contributed by atoms with Gasteiger partial charge in [0.1, 0.15) is 0 Å². The molecule has 0 aromatic carbocycles. The van der Waals surface area contributed by atoms with Crippen molar-refractivity contribution in [3.05, 3.63) is 0 Å². The van der Waals surface area contributed by atoms with Crippen molar-refractivity contribution in [2.45, 2.75) is 50.7 Å². The Morgan fingerprint density at radius 1 is 1.13 bits per heavy atom. The molecule has 3 heteroatoms. The van der Waals surface area contributed by atoms with E-state index in [4.69, 9.17) is 0 Å². The highest BCUT2D eigenvalue weighted by Gasteiger charge is 2.21. The molecule has 1 aliphatic heterocycles. The van der Waals surface area contributed by atoms with E-state index in [-0.39, 0.29) is 6.10 Å². The smallest absolute Gasteiger partial charge is 0.0555 e. The summed E-state index contributed by atoms with van der Waals surface area (Å²) in [5.74, 6) is 0.852. The molecule has 2 aliphatic rings. The van der Waals surface area contributed by atoms with Crippen molar-refractivity contribution in [1.82, 2.24) is 10.6 Å². The van der Waals surface area contributed by atoms with E-state index in [0.29, 0.717) is 6.04 Å². The SMILES string of the molecule is OC1CCCC(NCC2CCNCC2)C1. The van der Waals surface area contributed by atoms with E-state index in [1.54, 1.807) is 0 Å². The van der Waals surface area contributed by atoms with Crippen LogP contribution in [0.15, 0.2) is 0 Å². The number of aliphatic hydroxyl groups excluding tert-OH is 1. The first kappa shape index (κ1) is 11.4. The van der Waals surface area contributed by atoms with Crippen molar-refractivity contribution in [3.63, 3.8) is 0 Å². The van der Waals surface area contributed by atoms with Gasteiger partial charge in [-0.15, -0.1) is 0 Å². The van der Waals surface area contributed by atoms with Crippen molar-refractivity contribution in [2.75, 3.05) is 19.6 Å². The second-order valence-electron chi connectivity index (χ2n) is 5.12. The molecule has 2 fully saturated rings. The lowest BCUT2D eigenvalue weighted by molar-refractivity contribution is 0.110. The van der Waals surface area contributed by atoms with Gasteiger partial charge < -0.3 is 15.7 Å². The minimum Gasteiger partial charge on any atom is -0.393 e. The summed E-state index contributed by atoms with van der Waals surface area (Å²) in [7, 11) is 0. The van der Waals surface area contributed by atoms with Gasteiger partial charge in [-0.3, -0.25) is 0 Å². The van der Waals surface area contributed by atoms with Crippen LogP contribution in [0.3, 0.4) is 0 Å². The molecule has 0 aromatic rings. The summed E-state index contributed by atoms with van der Waals surface area (Å²) < 4.78 is 0. The van der Waals surface area contributed by atoms with Gasteiger partial charge in [-0.25, -0.2) is 0 Å². The average molecular weight is 212 g/mol. The van der Waals surface area contributed by atoms with Gasteiger partial charge in [0.25, 0.3) is 0 Å². The largest absolute Gasteiger partial charge is 0.393 e. The topological polar surface area (TPSA) is 44.3 Å². The van der Waals surface area contributed by atoms with Crippen LogP contribution >= 0.6 is 0 Å². The molecule has 0 spiro atoms. The van der Waals surface area contributed by atoms with E-state index >= 15 is 0 Å². The van der Waals surface area contributed by atoms with Gasteiger partial charge in [0.05, 0.1) is 6.10 Å². The molecule has 0 aromatic heterocycles. The van der Waals surface area contributed by atoms with Crippen LogP contribution in [-0.4, -0.2) is 36.9 Å². The zero-order valence-electron chi connectivity index (χ0n) is 9.54. The van der Waals surface area contributed by atoms with Gasteiger partial charge in [0.15, 0.2) is 0 Å². The highest BCUT2D eigenvalue weighted by Crippen LogP contribution is 2.19. The highest BCUT2D eigenvalue weighted by atomic mass is 16.3. The maximum Gasteiger partial charge on any atom is 0.0555 e. The zero-order chi connectivity index (χ0) is 10.5. The third-order valence-electron chi connectivity index (χ3n) is 3.80. The van der Waals surface area contributed by atoms with Crippen LogP contribution in [0.5, 0.6) is 0 Å². The number of nitrogens with one attached hydrogen (secondary N) is 2. The van der Waals surface area contributed by atoms with Crippen molar-refractivity contribution in [3.8, 4) is 0 Å². The predicted octanol–water partition coefficient (Wildman–Crippen LogP) is 0.879. The number of rotatable bonds is 3. The van der Waals surface area contributed by atoms with Crippen LogP contribution < -0.4 is 10.6 Å². The molecule has 1 saturated carbocycles. The van der Waals surface area contributed by atoms with Gasteiger partial charge in [0, 0.05) is 6.04 Å².